The summed E-state index contributed by atoms with van der Waals surface area (Å²) in [5, 5.41) is 0. The summed E-state index contributed by atoms with van der Waals surface area (Å²) in [6, 6.07) is 12.9. The van der Waals surface area contributed by atoms with Gasteiger partial charge in [-0.2, -0.15) is 0 Å². The maximum absolute atomic E-state index is 6.12. The summed E-state index contributed by atoms with van der Waals surface area (Å²) in [5.41, 5.74) is 7.56. The zero-order valence-electron chi connectivity index (χ0n) is 15.4. The van der Waals surface area contributed by atoms with Gasteiger partial charge in [0.2, 0.25) is 0 Å². The molecule has 1 aromatic rings. The lowest BCUT2D eigenvalue weighted by Gasteiger charge is -2.44. The minimum atomic E-state index is 0.456. The predicted molar refractivity (Wildman–Crippen MR) is 102 cm³/mol. The first-order valence-corrected chi connectivity index (χ1v) is 10.0. The second-order valence-electron chi connectivity index (χ2n) is 7.80. The average Bonchev–Trinajstić information content (AvgIpc) is 2.62. The molecule has 0 radical (unpaired) electrons. The van der Waals surface area contributed by atoms with Gasteiger partial charge in [0, 0.05) is 24.7 Å². The molecule has 1 aliphatic carbocycles. The van der Waals surface area contributed by atoms with E-state index in [1.807, 2.05) is 0 Å². The van der Waals surface area contributed by atoms with Crippen LogP contribution in [0.2, 0.25) is 0 Å². The van der Waals surface area contributed by atoms with Gasteiger partial charge in [0.05, 0.1) is 0 Å². The molecular formula is C21H35N3. The Morgan fingerprint density at radius 3 is 2.21 bits per heavy atom. The molecule has 3 heteroatoms. The van der Waals surface area contributed by atoms with E-state index in [9.17, 15) is 0 Å². The van der Waals surface area contributed by atoms with Crippen molar-refractivity contribution >= 4 is 0 Å². The highest BCUT2D eigenvalue weighted by Gasteiger charge is 2.31. The van der Waals surface area contributed by atoms with Crippen molar-refractivity contribution in [3.05, 3.63) is 35.9 Å². The smallest absolute Gasteiger partial charge is 0.0233 e. The van der Waals surface area contributed by atoms with Gasteiger partial charge in [0.15, 0.2) is 0 Å². The maximum Gasteiger partial charge on any atom is 0.0233 e. The fourth-order valence-corrected chi connectivity index (χ4v) is 4.61. The van der Waals surface area contributed by atoms with E-state index >= 15 is 0 Å². The van der Waals surface area contributed by atoms with E-state index in [-0.39, 0.29) is 0 Å². The van der Waals surface area contributed by atoms with E-state index < -0.39 is 0 Å². The zero-order valence-corrected chi connectivity index (χ0v) is 15.4. The number of benzene rings is 1. The first-order valence-electron chi connectivity index (χ1n) is 10.0. The molecular weight excluding hydrogens is 294 g/mol. The second-order valence-corrected chi connectivity index (χ2v) is 7.80. The van der Waals surface area contributed by atoms with Crippen molar-refractivity contribution in [2.75, 3.05) is 19.6 Å². The third kappa shape index (κ3) is 4.81. The van der Waals surface area contributed by atoms with Crippen molar-refractivity contribution in [1.82, 2.24) is 9.80 Å². The summed E-state index contributed by atoms with van der Waals surface area (Å²) >= 11 is 0. The normalized spacial score (nSPS) is 26.8. The van der Waals surface area contributed by atoms with Gasteiger partial charge in [-0.25, -0.2) is 0 Å². The predicted octanol–water partition coefficient (Wildman–Crippen LogP) is 3.63. The molecule has 2 aliphatic rings. The van der Waals surface area contributed by atoms with Crippen LogP contribution in [0.3, 0.4) is 0 Å². The Balaban J connectivity index is 1.51. The third-order valence-corrected chi connectivity index (χ3v) is 5.97. The lowest BCUT2D eigenvalue weighted by Crippen LogP contribution is -2.50. The molecule has 3 rings (SSSR count). The Morgan fingerprint density at radius 1 is 0.958 bits per heavy atom. The molecule has 0 atom stereocenters. The van der Waals surface area contributed by atoms with Crippen LogP contribution in [0.5, 0.6) is 0 Å². The van der Waals surface area contributed by atoms with Crippen LogP contribution >= 0.6 is 0 Å². The van der Waals surface area contributed by atoms with Gasteiger partial charge in [-0.05, 0) is 70.1 Å². The van der Waals surface area contributed by atoms with Crippen molar-refractivity contribution in [3.63, 3.8) is 0 Å². The molecule has 1 aliphatic heterocycles. The van der Waals surface area contributed by atoms with Crippen LogP contribution in [0.15, 0.2) is 30.3 Å². The highest BCUT2D eigenvalue weighted by atomic mass is 15.2. The molecule has 1 saturated carbocycles. The number of likely N-dealkylation sites (tertiary alicyclic amines) is 1. The standard InChI is InChI=1S/C21H35N3/c1-2-14-24(20-10-8-19(22)9-11-20)21-12-15-23(16-13-21)17-18-6-4-3-5-7-18/h3-7,19-21H,2,8-17,22H2,1H3. The molecule has 0 bridgehead atoms. The van der Waals surface area contributed by atoms with Gasteiger partial charge in [-0.3, -0.25) is 9.80 Å². The SMILES string of the molecule is CCCN(C1CCC(N)CC1)C1CCN(Cc2ccccc2)CC1. The lowest BCUT2D eigenvalue weighted by atomic mass is 9.88. The van der Waals surface area contributed by atoms with Crippen molar-refractivity contribution in [3.8, 4) is 0 Å². The highest BCUT2D eigenvalue weighted by Crippen LogP contribution is 2.28. The van der Waals surface area contributed by atoms with Crippen molar-refractivity contribution in [1.29, 1.82) is 0 Å². The Kier molecular flexibility index (Phi) is 6.70. The minimum Gasteiger partial charge on any atom is -0.328 e. The Labute approximate surface area is 148 Å². The molecule has 0 spiro atoms. The van der Waals surface area contributed by atoms with Crippen LogP contribution in [-0.4, -0.2) is 47.6 Å². The average molecular weight is 330 g/mol. The summed E-state index contributed by atoms with van der Waals surface area (Å²) in [6.07, 6.45) is 8.99. The molecule has 1 saturated heterocycles. The molecule has 3 nitrogen and oxygen atoms in total. The summed E-state index contributed by atoms with van der Waals surface area (Å²) in [5.74, 6) is 0. The Bertz CT molecular complexity index is 459. The highest BCUT2D eigenvalue weighted by molar-refractivity contribution is 5.14. The number of hydrogen-bond donors (Lipinski definition) is 1. The molecule has 1 aromatic carbocycles. The fraction of sp³-hybridized carbons (Fsp3) is 0.714. The first-order chi connectivity index (χ1) is 11.8. The third-order valence-electron chi connectivity index (χ3n) is 5.97. The summed E-state index contributed by atoms with van der Waals surface area (Å²) in [4.78, 5) is 5.48. The maximum atomic E-state index is 6.12. The van der Waals surface area contributed by atoms with Crippen LogP contribution in [0.4, 0.5) is 0 Å². The summed E-state index contributed by atoms with van der Waals surface area (Å²) < 4.78 is 0. The molecule has 1 heterocycles. The quantitative estimate of drug-likeness (QED) is 0.865. The van der Waals surface area contributed by atoms with E-state index in [4.69, 9.17) is 5.73 Å². The largest absolute Gasteiger partial charge is 0.328 e. The molecule has 24 heavy (non-hydrogen) atoms. The minimum absolute atomic E-state index is 0.456. The van der Waals surface area contributed by atoms with Crippen LogP contribution in [0.25, 0.3) is 0 Å². The number of nitrogens with zero attached hydrogens (tertiary/aromatic N) is 2. The number of hydrogen-bond acceptors (Lipinski definition) is 3. The van der Waals surface area contributed by atoms with Gasteiger partial charge in [-0.15, -0.1) is 0 Å². The summed E-state index contributed by atoms with van der Waals surface area (Å²) in [6.45, 7) is 7.19. The fourth-order valence-electron chi connectivity index (χ4n) is 4.61. The molecule has 2 fully saturated rings. The van der Waals surface area contributed by atoms with Crippen molar-refractivity contribution < 1.29 is 0 Å². The Hall–Kier alpha value is -0.900. The van der Waals surface area contributed by atoms with Crippen LogP contribution < -0.4 is 5.73 Å². The van der Waals surface area contributed by atoms with Gasteiger partial charge in [0.1, 0.15) is 0 Å². The monoisotopic (exact) mass is 329 g/mol. The van der Waals surface area contributed by atoms with Crippen molar-refractivity contribution in [2.24, 2.45) is 5.73 Å². The molecule has 134 valence electrons. The van der Waals surface area contributed by atoms with E-state index in [0.29, 0.717) is 6.04 Å². The number of rotatable bonds is 6. The van der Waals surface area contributed by atoms with Gasteiger partial charge in [-0.1, -0.05) is 37.3 Å². The first kappa shape index (κ1) is 17.9. The number of nitrogens with two attached hydrogens (primary N) is 1. The molecule has 0 aromatic heterocycles. The zero-order chi connectivity index (χ0) is 16.8. The van der Waals surface area contributed by atoms with E-state index in [1.54, 1.807) is 0 Å². The van der Waals surface area contributed by atoms with Gasteiger partial charge < -0.3 is 5.73 Å². The Morgan fingerprint density at radius 2 is 1.58 bits per heavy atom. The van der Waals surface area contributed by atoms with Crippen LogP contribution in [-0.2, 0) is 6.54 Å². The van der Waals surface area contributed by atoms with Crippen LogP contribution in [0.1, 0.15) is 57.4 Å². The van der Waals surface area contributed by atoms with Gasteiger partial charge in [0.25, 0.3) is 0 Å². The molecule has 2 N–H and O–H groups in total. The molecule has 0 amide bonds. The van der Waals surface area contributed by atoms with E-state index in [0.717, 1.165) is 18.6 Å². The van der Waals surface area contributed by atoms with Crippen molar-refractivity contribution in [2.45, 2.75) is 76.5 Å². The second kappa shape index (κ2) is 8.98. The van der Waals surface area contributed by atoms with E-state index in [1.165, 1.54) is 70.1 Å². The topological polar surface area (TPSA) is 32.5 Å². The summed E-state index contributed by atoms with van der Waals surface area (Å²) in [7, 11) is 0. The lowest BCUT2D eigenvalue weighted by molar-refractivity contribution is 0.0531. The van der Waals surface area contributed by atoms with E-state index in [2.05, 4.69) is 47.1 Å². The number of piperidine rings is 1. The van der Waals surface area contributed by atoms with Gasteiger partial charge >= 0.3 is 0 Å². The van der Waals surface area contributed by atoms with Crippen LogP contribution in [0, 0.1) is 0 Å². The molecule has 0 unspecified atom stereocenters.